The van der Waals surface area contributed by atoms with Crippen LogP contribution in [0, 0.1) is 11.8 Å². The maximum atomic E-state index is 2.51. The Balaban J connectivity index is 0.988. The van der Waals surface area contributed by atoms with Gasteiger partial charge in [0.1, 0.15) is 0 Å². The largest absolute Gasteiger partial charge is 0.311 e. The van der Waals surface area contributed by atoms with Gasteiger partial charge in [-0.05, 0) is 137 Å². The quantitative estimate of drug-likeness (QED) is 0.144. The fourth-order valence-electron chi connectivity index (χ4n) is 10.1. The highest BCUT2D eigenvalue weighted by Crippen LogP contribution is 2.46. The number of hydrogen-bond donors (Lipinski definition) is 0. The van der Waals surface area contributed by atoms with Crippen molar-refractivity contribution < 1.29 is 0 Å². The lowest BCUT2D eigenvalue weighted by molar-refractivity contribution is 0.614. The lowest BCUT2D eigenvalue weighted by Gasteiger charge is -2.33. The summed E-state index contributed by atoms with van der Waals surface area (Å²) in [6, 6.07) is 74.5. The molecule has 12 rings (SSSR count). The van der Waals surface area contributed by atoms with Crippen LogP contribution in [0.2, 0.25) is 0 Å². The van der Waals surface area contributed by atoms with E-state index in [0.29, 0.717) is 5.92 Å². The van der Waals surface area contributed by atoms with Gasteiger partial charge in [-0.1, -0.05) is 158 Å². The van der Waals surface area contributed by atoms with Gasteiger partial charge in [0.15, 0.2) is 0 Å². The third-order valence-electron chi connectivity index (χ3n) is 13.1. The maximum Gasteiger partial charge on any atom is 0.0541 e. The van der Waals surface area contributed by atoms with Crippen molar-refractivity contribution in [1.29, 1.82) is 0 Å². The molecule has 3 heteroatoms. The number of aromatic nitrogens is 1. The van der Waals surface area contributed by atoms with Crippen molar-refractivity contribution in [2.45, 2.75) is 0 Å². The van der Waals surface area contributed by atoms with E-state index in [1.807, 2.05) is 0 Å². The first-order chi connectivity index (χ1) is 32.2. The van der Waals surface area contributed by atoms with Gasteiger partial charge < -0.3 is 14.4 Å². The second-order valence-corrected chi connectivity index (χ2v) is 16.9. The Kier molecular flexibility index (Phi) is 9.65. The summed E-state index contributed by atoms with van der Waals surface area (Å²) in [6.07, 6.45) is 20.5. The molecule has 1 aromatic heterocycles. The predicted molar refractivity (Wildman–Crippen MR) is 275 cm³/mol. The number of hydrogen-bond acceptors (Lipinski definition) is 2. The standard InChI is InChI=1S/C62H45N3/c1-5-18-49(19-6-1)63(50-20-7-2-8-21-50)53-35-29-44(30-36-53)46-33-39-60-58(41-46)59-42-47(45-31-37-54(38-32-45)64(51-22-9-3-10-23-51)52-24-11-4-12-25-52)34-40-61(59)65(60)62-43-48-17-13-14-26-55(48)56-27-15-16-28-57(56)62/h1-43,55-56H. The van der Waals surface area contributed by atoms with E-state index in [4.69, 9.17) is 0 Å². The van der Waals surface area contributed by atoms with Crippen molar-refractivity contribution in [3.05, 3.63) is 272 Å². The average molecular weight is 832 g/mol. The van der Waals surface area contributed by atoms with Crippen LogP contribution in [0.15, 0.2) is 272 Å². The molecule has 0 amide bonds. The van der Waals surface area contributed by atoms with Gasteiger partial charge in [0.25, 0.3) is 0 Å². The number of allylic oxidation sites excluding steroid dienone is 12. The predicted octanol–water partition coefficient (Wildman–Crippen LogP) is 16.7. The second kappa shape index (κ2) is 16.4. The monoisotopic (exact) mass is 831 g/mol. The van der Waals surface area contributed by atoms with Gasteiger partial charge in [-0.3, -0.25) is 0 Å². The number of fused-ring (bicyclic) bond motifs is 6. The van der Waals surface area contributed by atoms with Crippen molar-refractivity contribution in [3.63, 3.8) is 0 Å². The zero-order valence-corrected chi connectivity index (χ0v) is 35.8. The van der Waals surface area contributed by atoms with Crippen LogP contribution < -0.4 is 9.80 Å². The van der Waals surface area contributed by atoms with Gasteiger partial charge in [-0.25, -0.2) is 0 Å². The number of para-hydroxylation sites is 4. The van der Waals surface area contributed by atoms with Gasteiger partial charge in [0.05, 0.1) is 16.7 Å². The average Bonchev–Trinajstić information content (AvgIpc) is 3.71. The van der Waals surface area contributed by atoms with E-state index >= 15 is 0 Å². The smallest absolute Gasteiger partial charge is 0.0541 e. The third-order valence-corrected chi connectivity index (χ3v) is 13.1. The van der Waals surface area contributed by atoms with Crippen LogP contribution in [0.3, 0.4) is 0 Å². The topological polar surface area (TPSA) is 11.4 Å². The van der Waals surface area contributed by atoms with Crippen molar-refractivity contribution in [3.8, 4) is 22.3 Å². The fourth-order valence-corrected chi connectivity index (χ4v) is 10.1. The van der Waals surface area contributed by atoms with E-state index in [0.717, 1.165) is 34.1 Å². The molecule has 2 atom stereocenters. The Hall–Kier alpha value is -8.40. The van der Waals surface area contributed by atoms with E-state index in [1.165, 1.54) is 60.9 Å². The summed E-state index contributed by atoms with van der Waals surface area (Å²) < 4.78 is 2.51. The Morgan fingerprint density at radius 3 is 1.17 bits per heavy atom. The third kappa shape index (κ3) is 6.95. The molecule has 0 N–H and O–H groups in total. The van der Waals surface area contributed by atoms with Crippen LogP contribution in [-0.2, 0) is 0 Å². The summed E-state index contributed by atoms with van der Waals surface area (Å²) in [7, 11) is 0. The SMILES string of the molecule is C1=CC2=CC(n3c4ccc(-c5ccc(N(c6ccccc6)c6ccccc6)cc5)cc4c4cc(-c5ccc(N(c6ccccc6)c6ccccc6)cc5)ccc43)=C3C=CC=CC3C2C=C1. The van der Waals surface area contributed by atoms with Gasteiger partial charge in [-0.2, -0.15) is 0 Å². The van der Waals surface area contributed by atoms with Crippen LogP contribution in [0.5, 0.6) is 0 Å². The molecule has 0 saturated heterocycles. The molecule has 1 heterocycles. The van der Waals surface area contributed by atoms with E-state index in [-0.39, 0.29) is 5.92 Å². The molecule has 3 nitrogen and oxygen atoms in total. The first-order valence-corrected chi connectivity index (χ1v) is 22.5. The Bertz CT molecular complexity index is 3130. The minimum absolute atomic E-state index is 0.275. The van der Waals surface area contributed by atoms with Crippen LogP contribution in [0.1, 0.15) is 0 Å². The highest BCUT2D eigenvalue weighted by atomic mass is 15.1. The molecular formula is C62H45N3. The molecule has 0 aliphatic heterocycles. The van der Waals surface area contributed by atoms with E-state index in [9.17, 15) is 0 Å². The van der Waals surface area contributed by atoms with E-state index in [2.05, 4.69) is 275 Å². The summed E-state index contributed by atoms with van der Waals surface area (Å²) in [5.41, 5.74) is 17.8. The normalized spacial score (nSPS) is 16.1. The van der Waals surface area contributed by atoms with Crippen LogP contribution in [-0.4, -0.2) is 4.57 Å². The van der Waals surface area contributed by atoms with E-state index in [1.54, 1.807) is 0 Å². The fraction of sp³-hybridized carbons (Fsp3) is 0.0323. The first kappa shape index (κ1) is 38.3. The molecule has 0 radical (unpaired) electrons. The first-order valence-electron chi connectivity index (χ1n) is 22.5. The highest BCUT2D eigenvalue weighted by Gasteiger charge is 2.32. The van der Waals surface area contributed by atoms with Gasteiger partial charge >= 0.3 is 0 Å². The molecule has 2 unspecified atom stereocenters. The zero-order valence-electron chi connectivity index (χ0n) is 35.8. The van der Waals surface area contributed by atoms with Gasteiger partial charge in [0.2, 0.25) is 0 Å². The molecule has 308 valence electrons. The lowest BCUT2D eigenvalue weighted by Crippen LogP contribution is -2.22. The van der Waals surface area contributed by atoms with Gasteiger partial charge in [-0.15, -0.1) is 0 Å². The number of rotatable bonds is 9. The van der Waals surface area contributed by atoms with Crippen LogP contribution >= 0.6 is 0 Å². The Morgan fingerprint density at radius 2 is 0.723 bits per heavy atom. The van der Waals surface area contributed by atoms with Crippen molar-refractivity contribution in [2.24, 2.45) is 11.8 Å². The highest BCUT2D eigenvalue weighted by molar-refractivity contribution is 6.13. The number of benzene rings is 8. The minimum atomic E-state index is 0.275. The lowest BCUT2D eigenvalue weighted by atomic mass is 9.73. The Morgan fingerprint density at radius 1 is 0.338 bits per heavy atom. The molecule has 3 aliphatic carbocycles. The molecule has 0 fully saturated rings. The minimum Gasteiger partial charge on any atom is -0.311 e. The van der Waals surface area contributed by atoms with Crippen LogP contribution in [0.25, 0.3) is 49.8 Å². The van der Waals surface area contributed by atoms with Gasteiger partial charge in [0, 0.05) is 56.7 Å². The summed E-state index contributed by atoms with van der Waals surface area (Å²) in [4.78, 5) is 4.63. The Labute approximate surface area is 380 Å². The van der Waals surface area contributed by atoms with Crippen molar-refractivity contribution in [2.75, 3.05) is 9.80 Å². The molecule has 65 heavy (non-hydrogen) atoms. The molecule has 9 aromatic rings. The maximum absolute atomic E-state index is 2.51. The summed E-state index contributed by atoms with van der Waals surface area (Å²) >= 11 is 0. The summed E-state index contributed by atoms with van der Waals surface area (Å²) in [6.45, 7) is 0. The summed E-state index contributed by atoms with van der Waals surface area (Å²) in [5.74, 6) is 0.605. The van der Waals surface area contributed by atoms with E-state index < -0.39 is 0 Å². The number of anilines is 6. The van der Waals surface area contributed by atoms with Crippen LogP contribution in [0.4, 0.5) is 34.1 Å². The number of nitrogens with zero attached hydrogens (tertiary/aromatic N) is 3. The molecule has 0 saturated carbocycles. The molecule has 0 spiro atoms. The van der Waals surface area contributed by atoms with Crippen molar-refractivity contribution >= 4 is 61.6 Å². The molecule has 8 aromatic carbocycles. The summed E-state index contributed by atoms with van der Waals surface area (Å²) in [5, 5.41) is 2.46. The zero-order chi connectivity index (χ0) is 43.1. The second-order valence-electron chi connectivity index (χ2n) is 16.9. The molecule has 3 aliphatic rings. The molecule has 0 bridgehead atoms. The van der Waals surface area contributed by atoms with Crippen molar-refractivity contribution in [1.82, 2.24) is 4.57 Å². The molecular weight excluding hydrogens is 787 g/mol.